The highest BCUT2D eigenvalue weighted by Gasteiger charge is 2.43. The second kappa shape index (κ2) is 13.1. The van der Waals surface area contributed by atoms with E-state index in [1.807, 2.05) is 0 Å². The van der Waals surface area contributed by atoms with Crippen LogP contribution in [0.2, 0.25) is 0 Å². The summed E-state index contributed by atoms with van der Waals surface area (Å²) in [6.45, 7) is -0.264. The van der Waals surface area contributed by atoms with E-state index in [-0.39, 0.29) is 19.6 Å². The van der Waals surface area contributed by atoms with Gasteiger partial charge in [0.15, 0.2) is 0 Å². The Hall–Kier alpha value is -2.44. The summed E-state index contributed by atoms with van der Waals surface area (Å²) in [5.41, 5.74) is 3.35. The van der Waals surface area contributed by atoms with Crippen molar-refractivity contribution >= 4 is 17.9 Å². The molecule has 0 aromatic heterocycles. The summed E-state index contributed by atoms with van der Waals surface area (Å²) in [5, 5.41) is 40.5. The van der Waals surface area contributed by atoms with E-state index in [0.717, 1.165) is 0 Å². The van der Waals surface area contributed by atoms with Crippen LogP contribution in [0.25, 0.3) is 10.4 Å². The number of hydrogen-bond donors (Lipinski definition) is 4. The van der Waals surface area contributed by atoms with Gasteiger partial charge in [-0.1, -0.05) is 5.11 Å². The Labute approximate surface area is 179 Å². The van der Waals surface area contributed by atoms with Crippen molar-refractivity contribution in [2.24, 2.45) is 21.4 Å². The Morgan fingerprint density at radius 2 is 1.16 bits per heavy atom. The standard InChI is InChI=1S/C18H31N3O10/c1-16(7-22,8-23)13(26)30-11-18(3,15(28)29-6-4-5-20-21-19)12-31-14(27)17(2,9-24)10-25/h22-25H,4-12H2,1-3H3. The molecule has 0 saturated carbocycles. The fourth-order valence-corrected chi connectivity index (χ4v) is 1.83. The molecule has 0 aliphatic rings. The molecule has 0 aliphatic carbocycles. The number of ether oxygens (including phenoxy) is 3. The van der Waals surface area contributed by atoms with Gasteiger partial charge in [-0.15, -0.1) is 0 Å². The highest BCUT2D eigenvalue weighted by atomic mass is 16.6. The zero-order valence-electron chi connectivity index (χ0n) is 17.9. The molecule has 0 fully saturated rings. The van der Waals surface area contributed by atoms with E-state index in [9.17, 15) is 34.8 Å². The van der Waals surface area contributed by atoms with E-state index in [1.54, 1.807) is 0 Å². The lowest BCUT2D eigenvalue weighted by atomic mass is 9.90. The molecular formula is C18H31N3O10. The van der Waals surface area contributed by atoms with E-state index in [1.165, 1.54) is 20.8 Å². The minimum atomic E-state index is -1.68. The van der Waals surface area contributed by atoms with E-state index in [0.29, 0.717) is 0 Å². The molecule has 0 heterocycles. The highest BCUT2D eigenvalue weighted by molar-refractivity contribution is 5.80. The number of carbonyl (C=O) groups excluding carboxylic acids is 3. The molecule has 0 radical (unpaired) electrons. The van der Waals surface area contributed by atoms with Gasteiger partial charge in [0.25, 0.3) is 0 Å². The Morgan fingerprint density at radius 3 is 1.52 bits per heavy atom. The average Bonchev–Trinajstić information content (AvgIpc) is 2.79. The van der Waals surface area contributed by atoms with Gasteiger partial charge in [-0.25, -0.2) is 0 Å². The van der Waals surface area contributed by atoms with E-state index >= 15 is 0 Å². The molecule has 0 saturated heterocycles. The highest BCUT2D eigenvalue weighted by Crippen LogP contribution is 2.25. The summed E-state index contributed by atoms with van der Waals surface area (Å²) in [6.07, 6.45) is 0.228. The van der Waals surface area contributed by atoms with Crippen LogP contribution in [0, 0.1) is 16.2 Å². The van der Waals surface area contributed by atoms with Crippen LogP contribution >= 0.6 is 0 Å². The van der Waals surface area contributed by atoms with Crippen molar-refractivity contribution < 1.29 is 49.0 Å². The van der Waals surface area contributed by atoms with Gasteiger partial charge >= 0.3 is 17.9 Å². The third-order valence-electron chi connectivity index (χ3n) is 4.62. The van der Waals surface area contributed by atoms with Crippen LogP contribution in [0.1, 0.15) is 27.2 Å². The number of rotatable bonds is 15. The van der Waals surface area contributed by atoms with Gasteiger partial charge in [-0.3, -0.25) is 14.4 Å². The molecule has 178 valence electrons. The van der Waals surface area contributed by atoms with Crippen LogP contribution in [0.5, 0.6) is 0 Å². The smallest absolute Gasteiger partial charge is 0.318 e. The largest absolute Gasteiger partial charge is 0.465 e. The number of azide groups is 1. The van der Waals surface area contributed by atoms with Crippen molar-refractivity contribution in [1.82, 2.24) is 0 Å². The van der Waals surface area contributed by atoms with E-state index in [4.69, 9.17) is 19.7 Å². The molecule has 31 heavy (non-hydrogen) atoms. The van der Waals surface area contributed by atoms with Gasteiger partial charge in [-0.05, 0) is 32.7 Å². The van der Waals surface area contributed by atoms with E-state index in [2.05, 4.69) is 10.0 Å². The van der Waals surface area contributed by atoms with Crippen molar-refractivity contribution in [2.75, 3.05) is 52.8 Å². The molecule has 0 aliphatic heterocycles. The lowest BCUT2D eigenvalue weighted by molar-refractivity contribution is -0.179. The Bertz CT molecular complexity index is 621. The molecule has 13 heteroatoms. The third kappa shape index (κ3) is 8.31. The van der Waals surface area contributed by atoms with Crippen molar-refractivity contribution in [3.05, 3.63) is 10.4 Å². The minimum absolute atomic E-state index is 0.0845. The van der Waals surface area contributed by atoms with Crippen LogP contribution in [0.15, 0.2) is 5.11 Å². The number of aliphatic hydroxyl groups excluding tert-OH is 4. The first-order valence-corrected chi connectivity index (χ1v) is 9.44. The normalized spacial score (nSPS) is 12.0. The second-order valence-corrected chi connectivity index (χ2v) is 7.91. The Morgan fingerprint density at radius 1 is 0.774 bits per heavy atom. The molecule has 0 bridgehead atoms. The van der Waals surface area contributed by atoms with Crippen LogP contribution < -0.4 is 0 Å². The molecule has 13 nitrogen and oxygen atoms in total. The lowest BCUT2D eigenvalue weighted by Gasteiger charge is -2.30. The van der Waals surface area contributed by atoms with Crippen LogP contribution in [0.4, 0.5) is 0 Å². The molecular weight excluding hydrogens is 418 g/mol. The Kier molecular flexibility index (Phi) is 12.0. The van der Waals surface area contributed by atoms with Crippen molar-refractivity contribution in [3.8, 4) is 0 Å². The average molecular weight is 449 g/mol. The van der Waals surface area contributed by atoms with E-state index < -0.39 is 73.8 Å². The summed E-state index contributed by atoms with van der Waals surface area (Å²) in [7, 11) is 0. The molecule has 0 aromatic carbocycles. The molecule has 0 rings (SSSR count). The maximum atomic E-state index is 12.6. The molecule has 4 N–H and O–H groups in total. The number of hydrogen-bond acceptors (Lipinski definition) is 11. The predicted molar refractivity (Wildman–Crippen MR) is 104 cm³/mol. The molecule has 0 spiro atoms. The number of aliphatic hydroxyl groups is 4. The third-order valence-corrected chi connectivity index (χ3v) is 4.62. The molecule has 0 unspecified atom stereocenters. The van der Waals surface area contributed by atoms with Gasteiger partial charge in [0.2, 0.25) is 0 Å². The van der Waals surface area contributed by atoms with Gasteiger partial charge < -0.3 is 34.6 Å². The zero-order valence-corrected chi connectivity index (χ0v) is 17.9. The lowest BCUT2D eigenvalue weighted by Crippen LogP contribution is -2.45. The molecule has 0 amide bonds. The second-order valence-electron chi connectivity index (χ2n) is 7.91. The van der Waals surface area contributed by atoms with Gasteiger partial charge in [0, 0.05) is 11.5 Å². The van der Waals surface area contributed by atoms with Crippen molar-refractivity contribution in [2.45, 2.75) is 27.2 Å². The zero-order chi connectivity index (χ0) is 24.1. The fraction of sp³-hybridized carbons (Fsp3) is 0.833. The summed E-state index contributed by atoms with van der Waals surface area (Å²) >= 11 is 0. The van der Waals surface area contributed by atoms with Crippen LogP contribution in [0.3, 0.4) is 0 Å². The number of nitrogens with zero attached hydrogens (tertiary/aromatic N) is 3. The van der Waals surface area contributed by atoms with Crippen molar-refractivity contribution in [3.63, 3.8) is 0 Å². The predicted octanol–water partition coefficient (Wildman–Crippen LogP) is -0.695. The molecule has 0 aromatic rings. The SMILES string of the molecule is CC(CO)(CO)C(=O)OCC(C)(COC(=O)C(C)(CO)CO)C(=O)OCCCN=[N+]=[N-]. The Balaban J connectivity index is 5.35. The van der Waals surface area contributed by atoms with Crippen molar-refractivity contribution in [1.29, 1.82) is 0 Å². The molecule has 0 atom stereocenters. The first kappa shape index (κ1) is 28.6. The number of carbonyl (C=O) groups is 3. The van der Waals surface area contributed by atoms with Gasteiger partial charge in [0.1, 0.15) is 29.5 Å². The monoisotopic (exact) mass is 449 g/mol. The summed E-state index contributed by atoms with van der Waals surface area (Å²) in [4.78, 5) is 39.6. The first-order chi connectivity index (χ1) is 14.5. The quantitative estimate of drug-likeness (QED) is 0.0617. The van der Waals surface area contributed by atoms with Crippen LogP contribution in [-0.4, -0.2) is 91.1 Å². The van der Waals surface area contributed by atoms with Gasteiger partial charge in [-0.2, -0.15) is 0 Å². The summed E-state index contributed by atoms with van der Waals surface area (Å²) in [5.74, 6) is -2.86. The van der Waals surface area contributed by atoms with Crippen LogP contribution in [-0.2, 0) is 28.6 Å². The fourth-order valence-electron chi connectivity index (χ4n) is 1.83. The maximum absolute atomic E-state index is 12.6. The topological polar surface area (TPSA) is 209 Å². The maximum Gasteiger partial charge on any atom is 0.318 e. The minimum Gasteiger partial charge on any atom is -0.465 e. The first-order valence-electron chi connectivity index (χ1n) is 9.44. The summed E-state index contributed by atoms with van der Waals surface area (Å²) in [6, 6.07) is 0. The number of esters is 3. The summed E-state index contributed by atoms with van der Waals surface area (Å²) < 4.78 is 15.2. The van der Waals surface area contributed by atoms with Gasteiger partial charge in [0.05, 0.1) is 33.0 Å².